The third-order valence-corrected chi connectivity index (χ3v) is 4.36. The topological polar surface area (TPSA) is 72.1 Å². The van der Waals surface area contributed by atoms with Crippen molar-refractivity contribution in [1.29, 1.82) is 0 Å². The van der Waals surface area contributed by atoms with E-state index in [1.54, 1.807) is 23.5 Å². The van der Waals surface area contributed by atoms with Crippen LogP contribution in [0.2, 0.25) is 0 Å². The molecule has 5 nitrogen and oxygen atoms in total. The van der Waals surface area contributed by atoms with Gasteiger partial charge in [-0.15, -0.1) is 11.3 Å². The van der Waals surface area contributed by atoms with E-state index in [2.05, 4.69) is 9.97 Å². The van der Waals surface area contributed by atoms with Crippen molar-refractivity contribution in [2.45, 2.75) is 6.54 Å². The maximum atomic E-state index is 12.4. The van der Waals surface area contributed by atoms with Crippen LogP contribution < -0.4 is 5.73 Å². The molecule has 0 unspecified atom stereocenters. The number of benzene rings is 1. The molecule has 7 heteroatoms. The van der Waals surface area contributed by atoms with Gasteiger partial charge in [0, 0.05) is 18.0 Å². The Labute approximate surface area is 123 Å². The Morgan fingerprint density at radius 2 is 2.30 bits per heavy atom. The molecule has 0 saturated carbocycles. The largest absolute Gasteiger partial charge is 0.375 e. The highest BCUT2D eigenvalue weighted by Crippen LogP contribution is 2.25. The zero-order valence-electron chi connectivity index (χ0n) is 10.7. The Kier molecular flexibility index (Phi) is 3.37. The van der Waals surface area contributed by atoms with Gasteiger partial charge in [0.2, 0.25) is 0 Å². The first-order valence-corrected chi connectivity index (χ1v) is 7.68. The molecule has 0 spiro atoms. The predicted octanol–water partition coefficient (Wildman–Crippen LogP) is 2.61. The van der Waals surface area contributed by atoms with Crippen LogP contribution in [0.5, 0.6) is 0 Å². The average Bonchev–Trinajstić information content (AvgIpc) is 3.04. The van der Waals surface area contributed by atoms with Gasteiger partial charge >= 0.3 is 0 Å². The van der Waals surface area contributed by atoms with Crippen molar-refractivity contribution in [2.75, 3.05) is 12.8 Å². The van der Waals surface area contributed by atoms with Gasteiger partial charge in [0.15, 0.2) is 5.13 Å². The molecule has 0 aliphatic heterocycles. The van der Waals surface area contributed by atoms with Crippen molar-refractivity contribution < 1.29 is 4.79 Å². The Balaban J connectivity index is 1.83. The second-order valence-electron chi connectivity index (χ2n) is 4.38. The molecule has 2 N–H and O–H groups in total. The number of fused-ring (bicyclic) bond motifs is 1. The molecule has 0 radical (unpaired) electrons. The van der Waals surface area contributed by atoms with E-state index >= 15 is 0 Å². The molecule has 1 amide bonds. The lowest BCUT2D eigenvalue weighted by Crippen LogP contribution is -2.26. The highest BCUT2D eigenvalue weighted by molar-refractivity contribution is 7.22. The van der Waals surface area contributed by atoms with Gasteiger partial charge < -0.3 is 10.6 Å². The molecule has 3 rings (SSSR count). The third-order valence-electron chi connectivity index (χ3n) is 2.88. The first-order chi connectivity index (χ1) is 9.63. The van der Waals surface area contributed by atoms with Crippen molar-refractivity contribution in [3.05, 3.63) is 40.3 Å². The van der Waals surface area contributed by atoms with E-state index in [0.717, 1.165) is 15.9 Å². The summed E-state index contributed by atoms with van der Waals surface area (Å²) >= 11 is 2.91. The number of hydrogen-bond acceptors (Lipinski definition) is 6. The number of carbonyl (C=O) groups is 1. The summed E-state index contributed by atoms with van der Waals surface area (Å²) < 4.78 is 0.926. The van der Waals surface area contributed by atoms with Gasteiger partial charge in [0.25, 0.3) is 5.91 Å². The molecule has 0 fully saturated rings. The minimum absolute atomic E-state index is 0.0353. The summed E-state index contributed by atoms with van der Waals surface area (Å²) in [6, 6.07) is 5.44. The minimum Gasteiger partial charge on any atom is -0.375 e. The van der Waals surface area contributed by atoms with Gasteiger partial charge in [0.05, 0.1) is 28.0 Å². The maximum Gasteiger partial charge on any atom is 0.253 e. The molecule has 0 aliphatic rings. The SMILES string of the molecule is CN(Cc1cscn1)C(=O)c1ccc2nc(N)sc2c1. The van der Waals surface area contributed by atoms with Gasteiger partial charge in [-0.05, 0) is 18.2 Å². The lowest BCUT2D eigenvalue weighted by molar-refractivity contribution is 0.0784. The standard InChI is InChI=1S/C13H12N4OS2/c1-17(5-9-6-19-7-15-9)12(18)8-2-3-10-11(4-8)20-13(14)16-10/h2-4,6-7H,5H2,1H3,(H2,14,16). The number of nitrogens with zero attached hydrogens (tertiary/aromatic N) is 3. The summed E-state index contributed by atoms with van der Waals surface area (Å²) in [6.07, 6.45) is 0. The summed E-state index contributed by atoms with van der Waals surface area (Å²) in [4.78, 5) is 22.4. The fourth-order valence-electron chi connectivity index (χ4n) is 1.93. The molecule has 20 heavy (non-hydrogen) atoms. The number of rotatable bonds is 3. The molecule has 0 aliphatic carbocycles. The molecule has 0 saturated heterocycles. The Bertz CT molecular complexity index is 751. The second-order valence-corrected chi connectivity index (χ2v) is 6.16. The number of nitrogens with two attached hydrogens (primary N) is 1. The zero-order chi connectivity index (χ0) is 14.1. The van der Waals surface area contributed by atoms with Crippen LogP contribution in [0.25, 0.3) is 10.2 Å². The quantitative estimate of drug-likeness (QED) is 0.807. The van der Waals surface area contributed by atoms with Crippen molar-refractivity contribution in [3.8, 4) is 0 Å². The van der Waals surface area contributed by atoms with Crippen LogP contribution in [-0.2, 0) is 6.54 Å². The fourth-order valence-corrected chi connectivity index (χ4v) is 3.25. The van der Waals surface area contributed by atoms with Crippen molar-refractivity contribution in [3.63, 3.8) is 0 Å². The first kappa shape index (κ1) is 13.0. The van der Waals surface area contributed by atoms with Crippen LogP contribution in [-0.4, -0.2) is 27.8 Å². The molecule has 0 atom stereocenters. The molecular formula is C13H12N4OS2. The van der Waals surface area contributed by atoms with Gasteiger partial charge in [-0.25, -0.2) is 9.97 Å². The summed E-state index contributed by atoms with van der Waals surface area (Å²) in [7, 11) is 1.77. The van der Waals surface area contributed by atoms with E-state index in [4.69, 9.17) is 5.73 Å². The van der Waals surface area contributed by atoms with E-state index in [9.17, 15) is 4.79 Å². The predicted molar refractivity (Wildman–Crippen MR) is 81.9 cm³/mol. The molecular weight excluding hydrogens is 292 g/mol. The number of carbonyl (C=O) groups excluding carboxylic acids is 1. The molecule has 0 bridgehead atoms. The molecule has 3 aromatic rings. The fraction of sp³-hybridized carbons (Fsp3) is 0.154. The van der Waals surface area contributed by atoms with Crippen molar-refractivity contribution >= 4 is 43.9 Å². The number of nitrogen functional groups attached to an aromatic ring is 1. The van der Waals surface area contributed by atoms with Gasteiger partial charge in [-0.3, -0.25) is 4.79 Å². The Hall–Kier alpha value is -1.99. The summed E-state index contributed by atoms with van der Waals surface area (Å²) in [5.41, 5.74) is 9.80. The summed E-state index contributed by atoms with van der Waals surface area (Å²) in [5, 5.41) is 2.46. The maximum absolute atomic E-state index is 12.4. The van der Waals surface area contributed by atoms with E-state index in [1.165, 1.54) is 22.7 Å². The molecule has 2 aromatic heterocycles. The number of amides is 1. The first-order valence-electron chi connectivity index (χ1n) is 5.92. The zero-order valence-corrected chi connectivity index (χ0v) is 12.4. The Morgan fingerprint density at radius 1 is 1.45 bits per heavy atom. The van der Waals surface area contributed by atoms with Crippen molar-refractivity contribution in [2.24, 2.45) is 0 Å². The van der Waals surface area contributed by atoms with Gasteiger partial charge in [-0.2, -0.15) is 0 Å². The monoisotopic (exact) mass is 304 g/mol. The van der Waals surface area contributed by atoms with Crippen LogP contribution in [0.15, 0.2) is 29.1 Å². The number of thiazole rings is 2. The Morgan fingerprint density at radius 3 is 3.05 bits per heavy atom. The highest BCUT2D eigenvalue weighted by Gasteiger charge is 2.14. The summed E-state index contributed by atoms with van der Waals surface area (Å²) in [5.74, 6) is -0.0353. The lowest BCUT2D eigenvalue weighted by atomic mass is 10.2. The second kappa shape index (κ2) is 5.18. The van der Waals surface area contributed by atoms with E-state index < -0.39 is 0 Å². The molecule has 2 heterocycles. The average molecular weight is 304 g/mol. The van der Waals surface area contributed by atoms with Crippen LogP contribution in [0.1, 0.15) is 16.1 Å². The lowest BCUT2D eigenvalue weighted by Gasteiger charge is -2.15. The van der Waals surface area contributed by atoms with Crippen LogP contribution >= 0.6 is 22.7 Å². The van der Waals surface area contributed by atoms with Crippen LogP contribution in [0.4, 0.5) is 5.13 Å². The van der Waals surface area contributed by atoms with Crippen LogP contribution in [0.3, 0.4) is 0 Å². The molecule has 102 valence electrons. The van der Waals surface area contributed by atoms with Gasteiger partial charge in [0.1, 0.15) is 0 Å². The number of aromatic nitrogens is 2. The number of anilines is 1. The minimum atomic E-state index is -0.0353. The summed E-state index contributed by atoms with van der Waals surface area (Å²) in [6.45, 7) is 0.505. The van der Waals surface area contributed by atoms with E-state index in [1.807, 2.05) is 17.5 Å². The highest BCUT2D eigenvalue weighted by atomic mass is 32.1. The van der Waals surface area contributed by atoms with Gasteiger partial charge in [-0.1, -0.05) is 11.3 Å². The van der Waals surface area contributed by atoms with Crippen LogP contribution in [0, 0.1) is 0 Å². The van der Waals surface area contributed by atoms with Crippen molar-refractivity contribution in [1.82, 2.24) is 14.9 Å². The third kappa shape index (κ3) is 2.50. The number of hydrogen-bond donors (Lipinski definition) is 1. The smallest absolute Gasteiger partial charge is 0.253 e. The van der Waals surface area contributed by atoms with E-state index in [-0.39, 0.29) is 5.91 Å². The molecule has 1 aromatic carbocycles. The van der Waals surface area contributed by atoms with E-state index in [0.29, 0.717) is 17.2 Å². The normalized spacial score (nSPS) is 10.8.